The fourth-order valence-corrected chi connectivity index (χ4v) is 2.55. The maximum absolute atomic E-state index is 13.0. The monoisotopic (exact) mass is 334 g/mol. The molecular weight excluding hydrogens is 311 g/mol. The molecule has 0 aliphatic heterocycles. The molecule has 1 aromatic carbocycles. The van der Waals surface area contributed by atoms with Crippen molar-refractivity contribution in [1.29, 1.82) is 0 Å². The Morgan fingerprint density at radius 3 is 2.38 bits per heavy atom. The minimum absolute atomic E-state index is 0.0990. The lowest BCUT2D eigenvalue weighted by Crippen LogP contribution is -2.37. The quantitative estimate of drug-likeness (QED) is 0.880. The second kappa shape index (κ2) is 7.57. The van der Waals surface area contributed by atoms with E-state index in [4.69, 9.17) is 4.42 Å². The smallest absolute Gasteiger partial charge is 0.291 e. The molecule has 0 unspecified atom stereocenters. The van der Waals surface area contributed by atoms with E-state index < -0.39 is 6.10 Å². The van der Waals surface area contributed by atoms with Gasteiger partial charge in [0.1, 0.15) is 5.82 Å². The predicted octanol–water partition coefficient (Wildman–Crippen LogP) is 3.26. The zero-order valence-electron chi connectivity index (χ0n) is 14.4. The van der Waals surface area contributed by atoms with Crippen molar-refractivity contribution in [3.63, 3.8) is 0 Å². The summed E-state index contributed by atoms with van der Waals surface area (Å²) in [6, 6.07) is 5.61. The van der Waals surface area contributed by atoms with Crippen LogP contribution in [0.25, 0.3) is 0 Å². The average molecular weight is 334 g/mol. The first-order valence-corrected chi connectivity index (χ1v) is 7.94. The van der Waals surface area contributed by atoms with E-state index in [1.54, 1.807) is 18.7 Å². The lowest BCUT2D eigenvalue weighted by atomic mass is 10.1. The molecule has 24 heavy (non-hydrogen) atoms. The molecule has 0 saturated heterocycles. The largest absolute Gasteiger partial charge is 0.436 e. The van der Waals surface area contributed by atoms with E-state index in [1.165, 1.54) is 24.3 Å². The number of aliphatic hydroxyl groups excluding tert-OH is 1. The number of aliphatic hydroxyl groups is 1. The number of hydrogen-bond donors (Lipinski definition) is 1. The van der Waals surface area contributed by atoms with Gasteiger partial charge in [-0.2, -0.15) is 0 Å². The van der Waals surface area contributed by atoms with Crippen LogP contribution >= 0.6 is 0 Å². The van der Waals surface area contributed by atoms with Crippen molar-refractivity contribution in [3.8, 4) is 0 Å². The summed E-state index contributed by atoms with van der Waals surface area (Å²) in [5.41, 5.74) is 1.09. The van der Waals surface area contributed by atoms with Gasteiger partial charge in [0.05, 0.1) is 18.3 Å². The minimum Gasteiger partial charge on any atom is -0.436 e. The van der Waals surface area contributed by atoms with Gasteiger partial charge in [-0.15, -0.1) is 0 Å². The number of carbonyl (C=O) groups is 1. The Hall–Kier alpha value is -2.21. The molecule has 1 amide bonds. The molecule has 1 heterocycles. The summed E-state index contributed by atoms with van der Waals surface area (Å²) in [6.07, 6.45) is -0.905. The highest BCUT2D eigenvalue weighted by molar-refractivity contribution is 5.92. The number of halogens is 1. The van der Waals surface area contributed by atoms with E-state index in [-0.39, 0.29) is 29.9 Å². The van der Waals surface area contributed by atoms with Crippen LogP contribution in [0.2, 0.25) is 0 Å². The molecule has 130 valence electrons. The summed E-state index contributed by atoms with van der Waals surface area (Å²) < 4.78 is 18.4. The molecule has 1 aromatic heterocycles. The zero-order chi connectivity index (χ0) is 17.9. The Morgan fingerprint density at radius 1 is 1.25 bits per heavy atom. The summed E-state index contributed by atoms with van der Waals surface area (Å²) in [5, 5.41) is 10.4. The highest BCUT2D eigenvalue weighted by atomic mass is 19.1. The summed E-state index contributed by atoms with van der Waals surface area (Å²) in [5.74, 6) is 0.175. The molecule has 0 spiro atoms. The number of rotatable bonds is 6. The molecule has 0 radical (unpaired) electrons. The maximum atomic E-state index is 13.0. The molecule has 1 atom stereocenters. The Kier molecular flexibility index (Phi) is 5.72. The molecule has 0 aliphatic rings. The number of aromatic nitrogens is 1. The Bertz CT molecular complexity index is 695. The van der Waals surface area contributed by atoms with Gasteiger partial charge in [-0.05, 0) is 30.5 Å². The molecule has 2 rings (SSSR count). The molecule has 0 saturated carbocycles. The number of amides is 1. The number of nitrogens with zero attached hydrogens (tertiary/aromatic N) is 2. The molecule has 0 bridgehead atoms. The number of carbonyl (C=O) groups excluding carboxylic acids is 1. The highest BCUT2D eigenvalue weighted by Crippen LogP contribution is 2.19. The van der Waals surface area contributed by atoms with Crippen LogP contribution in [0.4, 0.5) is 4.39 Å². The first-order chi connectivity index (χ1) is 11.3. The van der Waals surface area contributed by atoms with Gasteiger partial charge < -0.3 is 14.4 Å². The highest BCUT2D eigenvalue weighted by Gasteiger charge is 2.25. The third-order valence-electron chi connectivity index (χ3n) is 3.62. The fourth-order valence-electron chi connectivity index (χ4n) is 2.55. The van der Waals surface area contributed by atoms with E-state index in [1.807, 2.05) is 13.8 Å². The molecule has 2 aromatic rings. The van der Waals surface area contributed by atoms with E-state index in [0.717, 1.165) is 0 Å². The van der Waals surface area contributed by atoms with Crippen molar-refractivity contribution < 1.29 is 18.7 Å². The van der Waals surface area contributed by atoms with Gasteiger partial charge >= 0.3 is 0 Å². The third kappa shape index (κ3) is 4.41. The van der Waals surface area contributed by atoms with Gasteiger partial charge in [0.2, 0.25) is 5.76 Å². The van der Waals surface area contributed by atoms with Gasteiger partial charge in [0.15, 0.2) is 5.89 Å². The van der Waals surface area contributed by atoms with Crippen LogP contribution in [0.15, 0.2) is 28.7 Å². The van der Waals surface area contributed by atoms with Crippen LogP contribution in [-0.4, -0.2) is 34.0 Å². The first-order valence-electron chi connectivity index (χ1n) is 7.94. The van der Waals surface area contributed by atoms with Crippen molar-refractivity contribution in [1.82, 2.24) is 9.88 Å². The first kappa shape index (κ1) is 18.1. The van der Waals surface area contributed by atoms with Crippen molar-refractivity contribution in [2.24, 2.45) is 5.92 Å². The maximum Gasteiger partial charge on any atom is 0.291 e. The van der Waals surface area contributed by atoms with Gasteiger partial charge in [0, 0.05) is 13.5 Å². The van der Waals surface area contributed by atoms with Gasteiger partial charge in [-0.3, -0.25) is 4.79 Å². The zero-order valence-corrected chi connectivity index (χ0v) is 14.4. The number of benzene rings is 1. The van der Waals surface area contributed by atoms with Crippen LogP contribution in [0.3, 0.4) is 0 Å². The van der Waals surface area contributed by atoms with E-state index in [9.17, 15) is 14.3 Å². The van der Waals surface area contributed by atoms with Crippen LogP contribution in [-0.2, 0) is 0 Å². The van der Waals surface area contributed by atoms with Crippen molar-refractivity contribution in [2.75, 3.05) is 13.1 Å². The Morgan fingerprint density at radius 2 is 1.88 bits per heavy atom. The van der Waals surface area contributed by atoms with E-state index >= 15 is 0 Å². The number of oxazole rings is 1. The molecule has 0 fully saturated rings. The average Bonchev–Trinajstić information content (AvgIpc) is 2.84. The fraction of sp³-hybridized carbons (Fsp3) is 0.444. The normalized spacial score (nSPS) is 12.5. The lowest BCUT2D eigenvalue weighted by Gasteiger charge is -2.26. The predicted molar refractivity (Wildman–Crippen MR) is 88.1 cm³/mol. The summed E-state index contributed by atoms with van der Waals surface area (Å²) in [6.45, 7) is 7.95. The summed E-state index contributed by atoms with van der Waals surface area (Å²) in [7, 11) is 0. The van der Waals surface area contributed by atoms with Crippen molar-refractivity contribution in [2.45, 2.75) is 33.8 Å². The minimum atomic E-state index is -0.905. The van der Waals surface area contributed by atoms with Crippen LogP contribution in [0.5, 0.6) is 0 Å². The van der Waals surface area contributed by atoms with Crippen molar-refractivity contribution >= 4 is 5.91 Å². The molecule has 6 heteroatoms. The van der Waals surface area contributed by atoms with Crippen LogP contribution in [0.1, 0.15) is 47.7 Å². The van der Waals surface area contributed by atoms with Gasteiger partial charge in [-0.1, -0.05) is 26.0 Å². The second-order valence-electron chi connectivity index (χ2n) is 6.32. The molecule has 1 N–H and O–H groups in total. The van der Waals surface area contributed by atoms with E-state index in [0.29, 0.717) is 23.7 Å². The van der Waals surface area contributed by atoms with E-state index in [2.05, 4.69) is 4.98 Å². The Labute approximate surface area is 141 Å². The Balaban J connectivity index is 2.20. The second-order valence-corrected chi connectivity index (χ2v) is 6.32. The summed E-state index contributed by atoms with van der Waals surface area (Å²) in [4.78, 5) is 18.4. The number of hydrogen-bond acceptors (Lipinski definition) is 4. The van der Waals surface area contributed by atoms with Crippen LogP contribution < -0.4 is 0 Å². The molecule has 5 nitrogen and oxygen atoms in total. The molecular formula is C18H23FN2O3. The summed E-state index contributed by atoms with van der Waals surface area (Å²) >= 11 is 0. The topological polar surface area (TPSA) is 66.6 Å². The molecule has 0 aliphatic carbocycles. The lowest BCUT2D eigenvalue weighted by molar-refractivity contribution is 0.0563. The standard InChI is InChI=1S/C18H23FN2O3/c1-11(2)9-21(18(23)17-12(3)20-13(4)24-17)10-16(22)14-5-7-15(19)8-6-14/h5-8,11,16,22H,9-10H2,1-4H3/t16-/m0/s1. The van der Waals surface area contributed by atoms with Crippen LogP contribution in [0, 0.1) is 25.6 Å². The third-order valence-corrected chi connectivity index (χ3v) is 3.62. The SMILES string of the molecule is Cc1nc(C)c(C(=O)N(CC(C)C)C[C@H](O)c2ccc(F)cc2)o1. The van der Waals surface area contributed by atoms with Gasteiger partial charge in [0.25, 0.3) is 5.91 Å². The number of aryl methyl sites for hydroxylation is 2. The van der Waals surface area contributed by atoms with Crippen molar-refractivity contribution in [3.05, 3.63) is 53.0 Å². The van der Waals surface area contributed by atoms with Gasteiger partial charge in [-0.25, -0.2) is 9.37 Å².